The zero-order valence-electron chi connectivity index (χ0n) is 9.58. The van der Waals surface area contributed by atoms with E-state index in [1.54, 1.807) is 6.20 Å². The van der Waals surface area contributed by atoms with Crippen LogP contribution in [0, 0.1) is 0 Å². The maximum absolute atomic E-state index is 4.37. The van der Waals surface area contributed by atoms with E-state index in [4.69, 9.17) is 0 Å². The molecule has 2 aromatic heterocycles. The van der Waals surface area contributed by atoms with Crippen molar-refractivity contribution in [3.8, 4) is 11.5 Å². The van der Waals surface area contributed by atoms with Crippen molar-refractivity contribution in [1.29, 1.82) is 0 Å². The van der Waals surface area contributed by atoms with Gasteiger partial charge in [0.25, 0.3) is 0 Å². The lowest BCUT2D eigenvalue weighted by Gasteiger charge is -2.01. The Hall–Kier alpha value is -0.720. The van der Waals surface area contributed by atoms with Crippen molar-refractivity contribution in [2.75, 3.05) is 0 Å². The molecule has 4 nitrogen and oxygen atoms in total. The fourth-order valence-corrected chi connectivity index (χ4v) is 2.88. The number of hydrogen-bond donors (Lipinski definition) is 2. The normalized spacial score (nSPS) is 15.0. The summed E-state index contributed by atoms with van der Waals surface area (Å²) in [7, 11) is 0. The number of hydrogen-bond acceptors (Lipinski definition) is 3. The summed E-state index contributed by atoms with van der Waals surface area (Å²) >= 11 is 6.89. The summed E-state index contributed by atoms with van der Waals surface area (Å²) in [6.07, 6.45) is 6.22. The summed E-state index contributed by atoms with van der Waals surface area (Å²) < 4.78 is 1.87. The molecule has 1 aliphatic rings. The first-order chi connectivity index (χ1) is 8.72. The molecule has 0 atom stereocenters. The Balaban J connectivity index is 1.78. The molecule has 1 saturated carbocycles. The van der Waals surface area contributed by atoms with E-state index >= 15 is 0 Å². The third kappa shape index (κ3) is 2.81. The Morgan fingerprint density at radius 1 is 1.28 bits per heavy atom. The molecule has 0 radical (unpaired) electrons. The minimum atomic E-state index is 0.703. The Kier molecular flexibility index (Phi) is 3.50. The predicted octanol–water partition coefficient (Wildman–Crippen LogP) is 3.25. The number of imidazole rings is 1. The maximum atomic E-state index is 4.37. The molecule has 1 fully saturated rings. The van der Waals surface area contributed by atoms with E-state index in [-0.39, 0.29) is 0 Å². The molecule has 2 aromatic rings. The van der Waals surface area contributed by atoms with E-state index < -0.39 is 0 Å². The average molecular weight is 372 g/mol. The van der Waals surface area contributed by atoms with Gasteiger partial charge in [0, 0.05) is 33.4 Å². The molecule has 6 heteroatoms. The van der Waals surface area contributed by atoms with E-state index in [2.05, 4.69) is 52.1 Å². The monoisotopic (exact) mass is 370 g/mol. The van der Waals surface area contributed by atoms with Crippen LogP contribution in [0.25, 0.3) is 11.5 Å². The molecule has 0 spiro atoms. The molecule has 18 heavy (non-hydrogen) atoms. The largest absolute Gasteiger partial charge is 0.339 e. The quantitative estimate of drug-likeness (QED) is 0.867. The van der Waals surface area contributed by atoms with E-state index in [0.29, 0.717) is 6.04 Å². The fraction of sp³-hybridized carbons (Fsp3) is 0.333. The van der Waals surface area contributed by atoms with Gasteiger partial charge in [-0.2, -0.15) is 0 Å². The first-order valence-electron chi connectivity index (χ1n) is 5.81. The molecule has 2 heterocycles. The lowest BCUT2D eigenvalue weighted by Crippen LogP contribution is -2.15. The van der Waals surface area contributed by atoms with Gasteiger partial charge in [0.1, 0.15) is 5.69 Å². The van der Waals surface area contributed by atoms with E-state index in [0.717, 1.165) is 32.7 Å². The number of halogens is 2. The summed E-state index contributed by atoms with van der Waals surface area (Å²) in [5.74, 6) is 0.793. The predicted molar refractivity (Wildman–Crippen MR) is 77.1 cm³/mol. The molecule has 0 saturated heterocycles. The van der Waals surface area contributed by atoms with Gasteiger partial charge in [-0.15, -0.1) is 0 Å². The van der Waals surface area contributed by atoms with Crippen LogP contribution >= 0.6 is 31.9 Å². The molecule has 94 valence electrons. The second-order valence-corrected chi connectivity index (χ2v) is 6.17. The summed E-state index contributed by atoms with van der Waals surface area (Å²) in [6, 6.07) is 2.67. The first-order valence-corrected chi connectivity index (χ1v) is 7.39. The summed E-state index contributed by atoms with van der Waals surface area (Å²) in [4.78, 5) is 12.0. The third-order valence-corrected chi connectivity index (χ3v) is 3.86. The lowest BCUT2D eigenvalue weighted by molar-refractivity contribution is 0.677. The maximum Gasteiger partial charge on any atom is 0.157 e. The van der Waals surface area contributed by atoms with Crippen LogP contribution in [0.3, 0.4) is 0 Å². The van der Waals surface area contributed by atoms with Gasteiger partial charge in [-0.1, -0.05) is 0 Å². The zero-order chi connectivity index (χ0) is 12.5. The van der Waals surface area contributed by atoms with Gasteiger partial charge in [-0.25, -0.2) is 4.98 Å². The number of rotatable bonds is 4. The van der Waals surface area contributed by atoms with E-state index in [9.17, 15) is 0 Å². The number of H-pyrrole nitrogens is 1. The molecular formula is C12H12Br2N4. The standard InChI is InChI=1S/C12H12Br2N4/c13-7-3-10(14)11(16-4-7)12-17-6-9(18-12)5-15-8-1-2-8/h3-4,6,8,15H,1-2,5H2,(H,17,18). The zero-order valence-corrected chi connectivity index (χ0v) is 12.8. The number of nitrogens with one attached hydrogen (secondary N) is 2. The molecule has 0 amide bonds. The van der Waals surface area contributed by atoms with Gasteiger partial charge < -0.3 is 10.3 Å². The number of nitrogens with zero attached hydrogens (tertiary/aromatic N) is 2. The molecular weight excluding hydrogens is 360 g/mol. The molecule has 0 bridgehead atoms. The summed E-state index contributed by atoms with van der Waals surface area (Å²) in [5.41, 5.74) is 1.92. The second kappa shape index (κ2) is 5.11. The highest BCUT2D eigenvalue weighted by Crippen LogP contribution is 2.26. The Bertz CT molecular complexity index is 563. The van der Waals surface area contributed by atoms with Crippen LogP contribution < -0.4 is 5.32 Å². The van der Waals surface area contributed by atoms with Crippen LogP contribution in [0.4, 0.5) is 0 Å². The minimum absolute atomic E-state index is 0.703. The van der Waals surface area contributed by atoms with E-state index in [1.807, 2.05) is 12.3 Å². The Labute approximate surface area is 122 Å². The van der Waals surface area contributed by atoms with Crippen molar-refractivity contribution in [1.82, 2.24) is 20.3 Å². The first kappa shape index (κ1) is 12.3. The number of aromatic nitrogens is 3. The summed E-state index contributed by atoms with van der Waals surface area (Å²) in [6.45, 7) is 0.839. The van der Waals surface area contributed by atoms with Crippen molar-refractivity contribution in [3.63, 3.8) is 0 Å². The Morgan fingerprint density at radius 3 is 2.83 bits per heavy atom. The van der Waals surface area contributed by atoms with Gasteiger partial charge in [-0.05, 0) is 50.8 Å². The molecule has 0 unspecified atom stereocenters. The molecule has 2 N–H and O–H groups in total. The highest BCUT2D eigenvalue weighted by molar-refractivity contribution is 9.11. The molecule has 0 aliphatic heterocycles. The van der Waals surface area contributed by atoms with Gasteiger partial charge >= 0.3 is 0 Å². The Morgan fingerprint density at radius 2 is 2.11 bits per heavy atom. The van der Waals surface area contributed by atoms with Crippen LogP contribution in [0.1, 0.15) is 18.5 Å². The smallest absolute Gasteiger partial charge is 0.157 e. The van der Waals surface area contributed by atoms with Gasteiger partial charge in [-0.3, -0.25) is 4.98 Å². The van der Waals surface area contributed by atoms with Crippen molar-refractivity contribution in [2.45, 2.75) is 25.4 Å². The van der Waals surface area contributed by atoms with Gasteiger partial charge in [0.05, 0.1) is 6.20 Å². The van der Waals surface area contributed by atoms with E-state index in [1.165, 1.54) is 12.8 Å². The van der Waals surface area contributed by atoms with Crippen LogP contribution in [-0.2, 0) is 6.54 Å². The van der Waals surface area contributed by atoms with Crippen molar-refractivity contribution in [2.24, 2.45) is 0 Å². The van der Waals surface area contributed by atoms with Crippen LogP contribution in [-0.4, -0.2) is 21.0 Å². The average Bonchev–Trinajstić information content (AvgIpc) is 3.05. The fourth-order valence-electron chi connectivity index (χ4n) is 1.70. The molecule has 0 aromatic carbocycles. The topological polar surface area (TPSA) is 53.6 Å². The van der Waals surface area contributed by atoms with Crippen molar-refractivity contribution < 1.29 is 0 Å². The van der Waals surface area contributed by atoms with Crippen LogP contribution in [0.15, 0.2) is 27.4 Å². The third-order valence-electron chi connectivity index (χ3n) is 2.82. The van der Waals surface area contributed by atoms with Crippen molar-refractivity contribution >= 4 is 31.9 Å². The SMILES string of the molecule is Brc1cnc(-c2ncc(CNC3CC3)[nH]2)c(Br)c1. The highest BCUT2D eigenvalue weighted by atomic mass is 79.9. The second-order valence-electron chi connectivity index (χ2n) is 4.40. The summed E-state index contributed by atoms with van der Waals surface area (Å²) in [5, 5.41) is 3.45. The van der Waals surface area contributed by atoms with Gasteiger partial charge in [0.2, 0.25) is 0 Å². The highest BCUT2D eigenvalue weighted by Gasteiger charge is 2.20. The number of aromatic amines is 1. The van der Waals surface area contributed by atoms with Gasteiger partial charge in [0.15, 0.2) is 5.82 Å². The molecule has 1 aliphatic carbocycles. The number of pyridine rings is 1. The van der Waals surface area contributed by atoms with Crippen LogP contribution in [0.5, 0.6) is 0 Å². The lowest BCUT2D eigenvalue weighted by atomic mass is 10.3. The molecule has 3 rings (SSSR count). The van der Waals surface area contributed by atoms with Crippen LogP contribution in [0.2, 0.25) is 0 Å². The minimum Gasteiger partial charge on any atom is -0.339 e. The van der Waals surface area contributed by atoms with Crippen molar-refractivity contribution in [3.05, 3.63) is 33.1 Å².